The number of ether oxygens (including phenoxy) is 1. The Labute approximate surface area is 104 Å². The Balaban J connectivity index is 3.12. The molecule has 0 radical (unpaired) electrons. The second-order valence-corrected chi connectivity index (χ2v) is 4.41. The average Bonchev–Trinajstić information content (AvgIpc) is 2.24. The van der Waals surface area contributed by atoms with Crippen LogP contribution in [0.4, 0.5) is 0 Å². The molecule has 0 aliphatic rings. The number of hydrogen-bond donors (Lipinski definition) is 1. The number of carbonyl (C=O) groups excluding carboxylic acids is 1. The Kier molecular flexibility index (Phi) is 4.50. The first kappa shape index (κ1) is 13.2. The summed E-state index contributed by atoms with van der Waals surface area (Å²) in [5.41, 5.74) is 2.51. The third kappa shape index (κ3) is 2.62. The minimum atomic E-state index is -1.23. The minimum absolute atomic E-state index is 0.262. The smallest absolute Gasteiger partial charge is 0.339 e. The summed E-state index contributed by atoms with van der Waals surface area (Å²) in [7, 11) is 0. The highest BCUT2D eigenvalue weighted by Gasteiger charge is 2.23. The van der Waals surface area contributed by atoms with Crippen molar-refractivity contribution >= 4 is 21.9 Å². The summed E-state index contributed by atoms with van der Waals surface area (Å²) in [6.07, 6.45) is -1.23. The van der Waals surface area contributed by atoms with E-state index in [1.807, 2.05) is 26.0 Å². The van der Waals surface area contributed by atoms with Gasteiger partial charge in [-0.3, -0.25) is 0 Å². The maximum absolute atomic E-state index is 11.5. The van der Waals surface area contributed by atoms with Gasteiger partial charge in [0.1, 0.15) is 0 Å². The largest absolute Gasteiger partial charge is 0.464 e. The zero-order chi connectivity index (χ0) is 12.3. The van der Waals surface area contributed by atoms with Gasteiger partial charge in [-0.25, -0.2) is 4.79 Å². The van der Waals surface area contributed by atoms with E-state index in [0.29, 0.717) is 5.56 Å². The van der Waals surface area contributed by atoms with Crippen LogP contribution in [0.5, 0.6) is 0 Å². The number of aryl methyl sites for hydroxylation is 1. The zero-order valence-corrected chi connectivity index (χ0v) is 11.2. The molecule has 1 rings (SSSR count). The number of aliphatic hydroxyl groups is 1. The molecule has 0 saturated carbocycles. The molecule has 0 aromatic heterocycles. The lowest BCUT2D eigenvalue weighted by atomic mass is 9.99. The first-order valence-corrected chi connectivity index (χ1v) is 5.88. The standard InChI is InChI=1S/C12H15BrO3/c1-4-16-12(15)11(14)10-8(3)7(2)5-6-9(10)13/h5-6,11,14H,4H2,1-3H3. The topological polar surface area (TPSA) is 46.5 Å². The van der Waals surface area contributed by atoms with Crippen LogP contribution in [-0.4, -0.2) is 17.7 Å². The van der Waals surface area contributed by atoms with Crippen molar-refractivity contribution in [2.45, 2.75) is 26.9 Å². The van der Waals surface area contributed by atoms with E-state index < -0.39 is 12.1 Å². The lowest BCUT2D eigenvalue weighted by molar-refractivity contribution is -0.153. The third-order valence-corrected chi connectivity index (χ3v) is 3.21. The molecule has 0 spiro atoms. The highest BCUT2D eigenvalue weighted by atomic mass is 79.9. The van der Waals surface area contributed by atoms with E-state index in [1.54, 1.807) is 6.92 Å². The Bertz CT molecular complexity index is 401. The Morgan fingerprint density at radius 3 is 2.69 bits per heavy atom. The van der Waals surface area contributed by atoms with Crippen molar-refractivity contribution in [3.8, 4) is 0 Å². The van der Waals surface area contributed by atoms with Gasteiger partial charge < -0.3 is 9.84 Å². The number of rotatable bonds is 3. The number of hydrogen-bond acceptors (Lipinski definition) is 3. The second kappa shape index (κ2) is 5.46. The van der Waals surface area contributed by atoms with Crippen LogP contribution in [0.2, 0.25) is 0 Å². The van der Waals surface area contributed by atoms with E-state index in [0.717, 1.165) is 15.6 Å². The molecule has 0 aliphatic carbocycles. The molecular formula is C12H15BrO3. The normalized spacial score (nSPS) is 12.3. The fourth-order valence-electron chi connectivity index (χ4n) is 1.48. The van der Waals surface area contributed by atoms with Crippen LogP contribution in [0, 0.1) is 13.8 Å². The van der Waals surface area contributed by atoms with Crippen molar-refractivity contribution in [3.63, 3.8) is 0 Å². The highest BCUT2D eigenvalue weighted by molar-refractivity contribution is 9.10. The van der Waals surface area contributed by atoms with E-state index in [9.17, 15) is 9.90 Å². The van der Waals surface area contributed by atoms with E-state index in [4.69, 9.17) is 4.74 Å². The number of aliphatic hydroxyl groups excluding tert-OH is 1. The van der Waals surface area contributed by atoms with Gasteiger partial charge in [0.15, 0.2) is 6.10 Å². The van der Waals surface area contributed by atoms with Gasteiger partial charge in [-0.2, -0.15) is 0 Å². The molecule has 0 aliphatic heterocycles. The average molecular weight is 287 g/mol. The molecular weight excluding hydrogens is 272 g/mol. The van der Waals surface area contributed by atoms with Gasteiger partial charge in [-0.1, -0.05) is 22.0 Å². The number of halogens is 1. The van der Waals surface area contributed by atoms with Crippen LogP contribution < -0.4 is 0 Å². The van der Waals surface area contributed by atoms with Gasteiger partial charge in [-0.15, -0.1) is 0 Å². The fraction of sp³-hybridized carbons (Fsp3) is 0.417. The molecule has 3 nitrogen and oxygen atoms in total. The van der Waals surface area contributed by atoms with Crippen LogP contribution in [0.3, 0.4) is 0 Å². The van der Waals surface area contributed by atoms with Gasteiger partial charge in [0, 0.05) is 10.0 Å². The molecule has 1 atom stereocenters. The van der Waals surface area contributed by atoms with Gasteiger partial charge in [0.05, 0.1) is 6.61 Å². The van der Waals surface area contributed by atoms with Crippen LogP contribution in [0.1, 0.15) is 29.7 Å². The molecule has 0 fully saturated rings. The minimum Gasteiger partial charge on any atom is -0.464 e. The van der Waals surface area contributed by atoms with E-state index in [2.05, 4.69) is 15.9 Å². The van der Waals surface area contributed by atoms with Crippen LogP contribution >= 0.6 is 15.9 Å². The number of esters is 1. The van der Waals surface area contributed by atoms with E-state index in [-0.39, 0.29) is 6.61 Å². The number of carbonyl (C=O) groups is 1. The molecule has 0 saturated heterocycles. The summed E-state index contributed by atoms with van der Waals surface area (Å²) in [4.78, 5) is 11.5. The molecule has 1 N–H and O–H groups in total. The van der Waals surface area contributed by atoms with Crippen molar-refractivity contribution in [2.24, 2.45) is 0 Å². The van der Waals surface area contributed by atoms with Crippen LogP contribution in [-0.2, 0) is 9.53 Å². The summed E-state index contributed by atoms with van der Waals surface area (Å²) in [5.74, 6) is -0.614. The Morgan fingerprint density at radius 1 is 1.50 bits per heavy atom. The molecule has 88 valence electrons. The first-order valence-electron chi connectivity index (χ1n) is 5.09. The number of benzene rings is 1. The molecule has 4 heteroatoms. The summed E-state index contributed by atoms with van der Waals surface area (Å²) in [6, 6.07) is 3.75. The van der Waals surface area contributed by atoms with Gasteiger partial charge >= 0.3 is 5.97 Å². The molecule has 1 unspecified atom stereocenters. The van der Waals surface area contributed by atoms with Crippen LogP contribution in [0.25, 0.3) is 0 Å². The molecule has 0 bridgehead atoms. The van der Waals surface area contributed by atoms with Crippen molar-refractivity contribution in [2.75, 3.05) is 6.61 Å². The van der Waals surface area contributed by atoms with E-state index >= 15 is 0 Å². The van der Waals surface area contributed by atoms with Crippen molar-refractivity contribution in [1.29, 1.82) is 0 Å². The zero-order valence-electron chi connectivity index (χ0n) is 9.58. The van der Waals surface area contributed by atoms with Gasteiger partial charge in [0.25, 0.3) is 0 Å². The lowest BCUT2D eigenvalue weighted by Crippen LogP contribution is -2.17. The fourth-order valence-corrected chi connectivity index (χ4v) is 2.13. The van der Waals surface area contributed by atoms with Crippen molar-refractivity contribution in [1.82, 2.24) is 0 Å². The Hall–Kier alpha value is -0.870. The predicted octanol–water partition coefficient (Wildman–Crippen LogP) is 2.66. The Morgan fingerprint density at radius 2 is 2.12 bits per heavy atom. The lowest BCUT2D eigenvalue weighted by Gasteiger charge is -2.16. The maximum atomic E-state index is 11.5. The van der Waals surface area contributed by atoms with Crippen molar-refractivity contribution < 1.29 is 14.6 Å². The maximum Gasteiger partial charge on any atom is 0.339 e. The molecule has 1 aromatic rings. The summed E-state index contributed by atoms with van der Waals surface area (Å²) in [6.45, 7) is 5.78. The van der Waals surface area contributed by atoms with Crippen LogP contribution in [0.15, 0.2) is 16.6 Å². The third-order valence-electron chi connectivity index (χ3n) is 2.52. The SMILES string of the molecule is CCOC(=O)C(O)c1c(Br)ccc(C)c1C. The summed E-state index contributed by atoms with van der Waals surface area (Å²) < 4.78 is 5.52. The highest BCUT2D eigenvalue weighted by Crippen LogP contribution is 2.29. The first-order chi connectivity index (χ1) is 7.49. The van der Waals surface area contributed by atoms with Crippen molar-refractivity contribution in [3.05, 3.63) is 33.3 Å². The molecule has 1 aromatic carbocycles. The van der Waals surface area contributed by atoms with Gasteiger partial charge in [0.2, 0.25) is 0 Å². The quantitative estimate of drug-likeness (QED) is 0.869. The predicted molar refractivity (Wildman–Crippen MR) is 65.2 cm³/mol. The second-order valence-electron chi connectivity index (χ2n) is 3.56. The molecule has 16 heavy (non-hydrogen) atoms. The summed E-state index contributed by atoms with van der Waals surface area (Å²) >= 11 is 3.33. The summed E-state index contributed by atoms with van der Waals surface area (Å²) in [5, 5.41) is 9.90. The molecule has 0 amide bonds. The molecule has 0 heterocycles. The monoisotopic (exact) mass is 286 g/mol. The van der Waals surface area contributed by atoms with E-state index in [1.165, 1.54) is 0 Å². The van der Waals surface area contributed by atoms with Gasteiger partial charge in [-0.05, 0) is 38.0 Å².